The number of nitrogens with zero attached hydrogens (tertiary/aromatic N) is 4. The fourth-order valence-electron chi connectivity index (χ4n) is 3.96. The Kier molecular flexibility index (Phi) is 4.64. The minimum absolute atomic E-state index is 0.136. The summed E-state index contributed by atoms with van der Waals surface area (Å²) in [6, 6.07) is 18.7. The number of benzene rings is 2. The molecule has 0 N–H and O–H groups in total. The van der Waals surface area contributed by atoms with Crippen LogP contribution in [0.2, 0.25) is 0 Å². The summed E-state index contributed by atoms with van der Waals surface area (Å²) < 4.78 is 2.09. The van der Waals surface area contributed by atoms with Gasteiger partial charge in [-0.05, 0) is 36.0 Å². The molecule has 5 nitrogen and oxygen atoms in total. The number of aryl methyl sites for hydroxylation is 1. The molecule has 146 valence electrons. The van der Waals surface area contributed by atoms with Crippen LogP contribution in [0.4, 0.5) is 5.69 Å². The Bertz CT molecular complexity index is 1120. The van der Waals surface area contributed by atoms with Crippen molar-refractivity contribution in [1.29, 1.82) is 0 Å². The van der Waals surface area contributed by atoms with E-state index in [1.807, 2.05) is 31.3 Å². The summed E-state index contributed by atoms with van der Waals surface area (Å²) in [6.45, 7) is 3.60. The summed E-state index contributed by atoms with van der Waals surface area (Å²) in [4.78, 5) is 22.2. The second kappa shape index (κ2) is 7.44. The molecule has 6 heteroatoms. The molecule has 1 amide bonds. The first-order chi connectivity index (χ1) is 14.2. The predicted molar refractivity (Wildman–Crippen MR) is 121 cm³/mol. The second-order valence-corrected chi connectivity index (χ2v) is 8.34. The van der Waals surface area contributed by atoms with Gasteiger partial charge in [-0.3, -0.25) is 4.79 Å². The van der Waals surface area contributed by atoms with Crippen molar-refractivity contribution in [2.24, 2.45) is 12.0 Å². The number of piperazine rings is 1. The standard InChI is InChI=1S/C23H22N4OS/c1-25-16-17(19-9-5-6-10-20(19)25)15-21-22(28)24-23(29-21)27-13-11-26(12-14-27)18-7-3-2-4-8-18/h2-10,15-16H,11-14H2,1H3. The molecule has 0 radical (unpaired) electrons. The Morgan fingerprint density at radius 2 is 1.62 bits per heavy atom. The first-order valence-corrected chi connectivity index (χ1v) is 10.6. The zero-order valence-electron chi connectivity index (χ0n) is 16.3. The molecule has 3 aromatic rings. The Balaban J connectivity index is 1.30. The number of amides is 1. The van der Waals surface area contributed by atoms with E-state index >= 15 is 0 Å². The minimum atomic E-state index is -0.136. The van der Waals surface area contributed by atoms with Crippen LogP contribution in [0.5, 0.6) is 0 Å². The lowest BCUT2D eigenvalue weighted by Crippen LogP contribution is -2.47. The zero-order chi connectivity index (χ0) is 19.8. The summed E-state index contributed by atoms with van der Waals surface area (Å²) in [5.74, 6) is -0.136. The molecule has 5 rings (SSSR count). The number of hydrogen-bond donors (Lipinski definition) is 0. The van der Waals surface area contributed by atoms with Crippen LogP contribution in [0.1, 0.15) is 5.56 Å². The normalized spacial score (nSPS) is 18.7. The number of aromatic nitrogens is 1. The SMILES string of the molecule is Cn1cc(C=C2SC(N3CCN(c4ccccc4)CC3)=NC2=O)c2ccccc21. The van der Waals surface area contributed by atoms with E-state index in [1.54, 1.807) is 0 Å². The van der Waals surface area contributed by atoms with E-state index in [1.165, 1.54) is 17.4 Å². The van der Waals surface area contributed by atoms with Gasteiger partial charge in [0.25, 0.3) is 5.91 Å². The quantitative estimate of drug-likeness (QED) is 0.608. The van der Waals surface area contributed by atoms with Crippen molar-refractivity contribution >= 4 is 45.5 Å². The van der Waals surface area contributed by atoms with Crippen molar-refractivity contribution < 1.29 is 4.79 Å². The van der Waals surface area contributed by atoms with Crippen molar-refractivity contribution in [3.63, 3.8) is 0 Å². The van der Waals surface area contributed by atoms with Gasteiger partial charge >= 0.3 is 0 Å². The molecular formula is C23H22N4OS. The number of para-hydroxylation sites is 2. The number of rotatable bonds is 2. The third-order valence-electron chi connectivity index (χ3n) is 5.50. The van der Waals surface area contributed by atoms with Gasteiger partial charge in [0, 0.05) is 61.6 Å². The summed E-state index contributed by atoms with van der Waals surface area (Å²) in [6.07, 6.45) is 4.05. The van der Waals surface area contributed by atoms with E-state index in [9.17, 15) is 4.79 Å². The topological polar surface area (TPSA) is 40.8 Å². The third kappa shape index (κ3) is 3.44. The summed E-state index contributed by atoms with van der Waals surface area (Å²) >= 11 is 1.49. The maximum absolute atomic E-state index is 12.5. The molecule has 29 heavy (non-hydrogen) atoms. The summed E-state index contributed by atoms with van der Waals surface area (Å²) in [7, 11) is 2.03. The van der Waals surface area contributed by atoms with E-state index in [0.29, 0.717) is 4.91 Å². The van der Waals surface area contributed by atoms with Crippen molar-refractivity contribution in [2.45, 2.75) is 0 Å². The van der Waals surface area contributed by atoms with E-state index in [0.717, 1.165) is 47.8 Å². The number of carbonyl (C=O) groups excluding carboxylic acids is 1. The molecular weight excluding hydrogens is 380 g/mol. The average Bonchev–Trinajstić information content (AvgIpc) is 3.29. The lowest BCUT2D eigenvalue weighted by atomic mass is 10.1. The molecule has 0 spiro atoms. The van der Waals surface area contributed by atoms with E-state index in [2.05, 4.69) is 62.0 Å². The number of amidine groups is 1. The van der Waals surface area contributed by atoms with Gasteiger partial charge in [-0.2, -0.15) is 4.99 Å². The number of thioether (sulfide) groups is 1. The molecule has 0 saturated carbocycles. The van der Waals surface area contributed by atoms with Gasteiger partial charge in [0.2, 0.25) is 0 Å². The molecule has 0 bridgehead atoms. The molecule has 3 heterocycles. The molecule has 0 unspecified atom stereocenters. The van der Waals surface area contributed by atoms with Gasteiger partial charge < -0.3 is 14.4 Å². The zero-order valence-corrected chi connectivity index (χ0v) is 17.1. The molecule has 0 aliphatic carbocycles. The molecule has 0 atom stereocenters. The van der Waals surface area contributed by atoms with Crippen LogP contribution in [0.15, 0.2) is 70.7 Å². The predicted octanol–water partition coefficient (Wildman–Crippen LogP) is 3.97. The molecule has 1 saturated heterocycles. The van der Waals surface area contributed by atoms with Gasteiger partial charge in [0.15, 0.2) is 5.17 Å². The van der Waals surface area contributed by atoms with Gasteiger partial charge in [0.1, 0.15) is 0 Å². The lowest BCUT2D eigenvalue weighted by Gasteiger charge is -2.36. The van der Waals surface area contributed by atoms with E-state index in [4.69, 9.17) is 0 Å². The number of fused-ring (bicyclic) bond motifs is 1. The van der Waals surface area contributed by atoms with Crippen molar-refractivity contribution in [2.75, 3.05) is 31.1 Å². The number of hydrogen-bond acceptors (Lipinski definition) is 4. The van der Waals surface area contributed by atoms with Crippen LogP contribution in [0, 0.1) is 0 Å². The molecule has 2 aliphatic rings. The average molecular weight is 403 g/mol. The Labute approximate surface area is 174 Å². The second-order valence-electron chi connectivity index (χ2n) is 7.33. The Hall–Kier alpha value is -2.99. The maximum Gasteiger partial charge on any atom is 0.286 e. The molecule has 2 aliphatic heterocycles. The van der Waals surface area contributed by atoms with Crippen LogP contribution < -0.4 is 4.90 Å². The van der Waals surface area contributed by atoms with Crippen molar-refractivity contribution in [3.05, 3.63) is 71.3 Å². The molecule has 1 aromatic heterocycles. The Morgan fingerprint density at radius 1 is 0.931 bits per heavy atom. The largest absolute Gasteiger partial charge is 0.368 e. The maximum atomic E-state index is 12.5. The number of aliphatic imine (C=N–C) groups is 1. The van der Waals surface area contributed by atoms with Crippen molar-refractivity contribution in [1.82, 2.24) is 9.47 Å². The van der Waals surface area contributed by atoms with E-state index < -0.39 is 0 Å². The number of anilines is 1. The van der Waals surface area contributed by atoms with Gasteiger partial charge in [-0.25, -0.2) is 0 Å². The lowest BCUT2D eigenvalue weighted by molar-refractivity contribution is -0.113. The summed E-state index contributed by atoms with van der Waals surface area (Å²) in [5.41, 5.74) is 3.47. The highest BCUT2D eigenvalue weighted by molar-refractivity contribution is 8.18. The highest BCUT2D eigenvalue weighted by atomic mass is 32.2. The Morgan fingerprint density at radius 3 is 2.41 bits per heavy atom. The van der Waals surface area contributed by atoms with Crippen LogP contribution >= 0.6 is 11.8 Å². The van der Waals surface area contributed by atoms with Crippen LogP contribution in [-0.4, -0.2) is 46.7 Å². The van der Waals surface area contributed by atoms with E-state index in [-0.39, 0.29) is 5.91 Å². The van der Waals surface area contributed by atoms with Gasteiger partial charge in [-0.1, -0.05) is 36.4 Å². The number of carbonyl (C=O) groups is 1. The van der Waals surface area contributed by atoms with Crippen LogP contribution in [-0.2, 0) is 11.8 Å². The fraction of sp³-hybridized carbons (Fsp3) is 0.217. The van der Waals surface area contributed by atoms with Crippen LogP contribution in [0.25, 0.3) is 17.0 Å². The minimum Gasteiger partial charge on any atom is -0.368 e. The fourth-order valence-corrected chi connectivity index (χ4v) is 4.91. The van der Waals surface area contributed by atoms with Crippen LogP contribution in [0.3, 0.4) is 0 Å². The highest BCUT2D eigenvalue weighted by Gasteiger charge is 2.28. The smallest absolute Gasteiger partial charge is 0.286 e. The first-order valence-electron chi connectivity index (χ1n) is 9.80. The summed E-state index contributed by atoms with van der Waals surface area (Å²) in [5, 5.41) is 1.98. The first kappa shape index (κ1) is 18.1. The highest BCUT2D eigenvalue weighted by Crippen LogP contribution is 2.33. The monoisotopic (exact) mass is 402 g/mol. The third-order valence-corrected chi connectivity index (χ3v) is 6.54. The van der Waals surface area contributed by atoms with Gasteiger partial charge in [-0.15, -0.1) is 0 Å². The molecule has 2 aromatic carbocycles. The molecule has 1 fully saturated rings. The van der Waals surface area contributed by atoms with Gasteiger partial charge in [0.05, 0.1) is 4.91 Å². The van der Waals surface area contributed by atoms with Crippen molar-refractivity contribution in [3.8, 4) is 0 Å².